The second-order valence-corrected chi connectivity index (χ2v) is 7.43. The summed E-state index contributed by atoms with van der Waals surface area (Å²) in [5.74, 6) is 0.302. The molecule has 0 bridgehead atoms. The third-order valence-corrected chi connectivity index (χ3v) is 5.82. The van der Waals surface area contributed by atoms with Gasteiger partial charge in [-0.25, -0.2) is 0 Å². The van der Waals surface area contributed by atoms with Crippen molar-refractivity contribution in [1.29, 1.82) is 0 Å². The highest BCUT2D eigenvalue weighted by Gasteiger charge is 2.54. The van der Waals surface area contributed by atoms with Crippen LogP contribution in [0, 0.1) is 16.7 Å². The Morgan fingerprint density at radius 3 is 2.28 bits per heavy atom. The van der Waals surface area contributed by atoms with Crippen LogP contribution in [0.2, 0.25) is 0 Å². The van der Waals surface area contributed by atoms with Crippen LogP contribution in [0.15, 0.2) is 0 Å². The largest absolute Gasteiger partial charge is 0.389 e. The molecule has 106 valence electrons. The number of hydrogen-bond acceptors (Lipinski definition) is 3. The van der Waals surface area contributed by atoms with E-state index in [9.17, 15) is 5.11 Å². The van der Waals surface area contributed by atoms with Gasteiger partial charge in [-0.15, -0.1) is 0 Å². The molecule has 1 saturated carbocycles. The molecule has 1 aliphatic carbocycles. The van der Waals surface area contributed by atoms with Crippen LogP contribution in [-0.4, -0.2) is 30.3 Å². The van der Waals surface area contributed by atoms with E-state index in [1.807, 2.05) is 0 Å². The molecule has 3 heteroatoms. The molecule has 4 N–H and O–H groups in total. The Morgan fingerprint density at radius 2 is 1.78 bits per heavy atom. The van der Waals surface area contributed by atoms with Crippen molar-refractivity contribution >= 4 is 0 Å². The van der Waals surface area contributed by atoms with Crippen LogP contribution in [-0.2, 0) is 0 Å². The van der Waals surface area contributed by atoms with Gasteiger partial charge in [-0.1, -0.05) is 20.8 Å². The molecule has 2 fully saturated rings. The molecule has 2 atom stereocenters. The van der Waals surface area contributed by atoms with E-state index in [2.05, 4.69) is 26.1 Å². The predicted octanol–water partition coefficient (Wildman–Crippen LogP) is 1.89. The molecule has 0 aromatic carbocycles. The number of aliphatic hydroxyl groups is 1. The van der Waals surface area contributed by atoms with Gasteiger partial charge < -0.3 is 16.2 Å². The van der Waals surface area contributed by atoms with Crippen molar-refractivity contribution in [3.63, 3.8) is 0 Å². The molecule has 2 unspecified atom stereocenters. The van der Waals surface area contributed by atoms with Crippen LogP contribution in [0.5, 0.6) is 0 Å². The van der Waals surface area contributed by atoms with E-state index in [1.54, 1.807) is 0 Å². The lowest BCUT2D eigenvalue weighted by Crippen LogP contribution is -2.63. The van der Waals surface area contributed by atoms with Gasteiger partial charge in [-0.3, -0.25) is 0 Å². The summed E-state index contributed by atoms with van der Waals surface area (Å²) in [5, 5.41) is 14.7. The van der Waals surface area contributed by atoms with E-state index in [-0.39, 0.29) is 5.41 Å². The fraction of sp³-hybridized carbons (Fsp3) is 1.00. The smallest absolute Gasteiger partial charge is 0.0765 e. The van der Waals surface area contributed by atoms with E-state index in [1.165, 1.54) is 12.8 Å². The molecule has 2 rings (SSSR count). The van der Waals surface area contributed by atoms with Gasteiger partial charge in [0.15, 0.2) is 0 Å². The Bertz CT molecular complexity index is 293. The Hall–Kier alpha value is -0.120. The van der Waals surface area contributed by atoms with Gasteiger partial charge in [0.2, 0.25) is 0 Å². The number of hydrogen-bond donors (Lipinski definition) is 3. The molecule has 0 aromatic rings. The van der Waals surface area contributed by atoms with Crippen molar-refractivity contribution in [2.75, 3.05) is 19.6 Å². The van der Waals surface area contributed by atoms with Gasteiger partial charge in [0, 0.05) is 18.5 Å². The van der Waals surface area contributed by atoms with Crippen LogP contribution in [0.4, 0.5) is 0 Å². The number of nitrogens with two attached hydrogens (primary N) is 1. The van der Waals surface area contributed by atoms with Crippen molar-refractivity contribution in [2.24, 2.45) is 22.5 Å². The summed E-state index contributed by atoms with van der Waals surface area (Å²) in [4.78, 5) is 0. The standard InChI is InChI=1S/C15H30N2O/c1-12-10-17-9-8-15(12,18)14(11-16)6-4-13(2,3)5-7-14/h12,17-18H,4-11,16H2,1-3H3. The summed E-state index contributed by atoms with van der Waals surface area (Å²) < 4.78 is 0. The summed E-state index contributed by atoms with van der Waals surface area (Å²) in [7, 11) is 0. The molecule has 0 spiro atoms. The molecule has 0 radical (unpaired) electrons. The first-order valence-electron chi connectivity index (χ1n) is 7.48. The van der Waals surface area contributed by atoms with Crippen LogP contribution < -0.4 is 11.1 Å². The van der Waals surface area contributed by atoms with Crippen LogP contribution in [0.3, 0.4) is 0 Å². The number of piperidine rings is 1. The molecule has 3 nitrogen and oxygen atoms in total. The quantitative estimate of drug-likeness (QED) is 0.705. The van der Waals surface area contributed by atoms with Gasteiger partial charge in [0.1, 0.15) is 0 Å². The maximum atomic E-state index is 11.3. The molecule has 1 heterocycles. The molecule has 1 saturated heterocycles. The van der Waals surface area contributed by atoms with Crippen molar-refractivity contribution < 1.29 is 5.11 Å². The van der Waals surface area contributed by atoms with Crippen molar-refractivity contribution in [2.45, 2.75) is 58.5 Å². The lowest BCUT2D eigenvalue weighted by atomic mass is 9.54. The fourth-order valence-electron chi connectivity index (χ4n) is 4.02. The summed E-state index contributed by atoms with van der Waals surface area (Å²) in [6, 6.07) is 0. The van der Waals surface area contributed by atoms with Crippen LogP contribution in [0.1, 0.15) is 52.9 Å². The van der Waals surface area contributed by atoms with Gasteiger partial charge in [0.05, 0.1) is 5.60 Å². The molecule has 0 amide bonds. The Balaban J connectivity index is 2.22. The fourth-order valence-corrected chi connectivity index (χ4v) is 4.02. The van der Waals surface area contributed by atoms with Crippen molar-refractivity contribution in [3.8, 4) is 0 Å². The molecular formula is C15H30N2O. The van der Waals surface area contributed by atoms with Gasteiger partial charge in [0.25, 0.3) is 0 Å². The second kappa shape index (κ2) is 4.77. The monoisotopic (exact) mass is 254 g/mol. The van der Waals surface area contributed by atoms with Crippen molar-refractivity contribution in [1.82, 2.24) is 5.32 Å². The van der Waals surface area contributed by atoms with Gasteiger partial charge >= 0.3 is 0 Å². The molecule has 0 aromatic heterocycles. The first-order valence-corrected chi connectivity index (χ1v) is 7.48. The van der Waals surface area contributed by atoms with Crippen LogP contribution in [0.25, 0.3) is 0 Å². The first-order chi connectivity index (χ1) is 8.35. The Labute approximate surface area is 112 Å². The van der Waals surface area contributed by atoms with Gasteiger partial charge in [-0.05, 0) is 50.0 Å². The minimum absolute atomic E-state index is 0.0516. The number of nitrogens with one attached hydrogen (secondary N) is 1. The lowest BCUT2D eigenvalue weighted by Gasteiger charge is -2.56. The summed E-state index contributed by atoms with van der Waals surface area (Å²) in [6.45, 7) is 9.31. The summed E-state index contributed by atoms with van der Waals surface area (Å²) >= 11 is 0. The second-order valence-electron chi connectivity index (χ2n) is 7.43. The normalized spacial score (nSPS) is 39.5. The predicted molar refractivity (Wildman–Crippen MR) is 75.3 cm³/mol. The van der Waals surface area contributed by atoms with Gasteiger partial charge in [-0.2, -0.15) is 0 Å². The van der Waals surface area contributed by atoms with Crippen LogP contribution >= 0.6 is 0 Å². The summed E-state index contributed by atoms with van der Waals surface area (Å²) in [5.41, 5.74) is 5.93. The highest BCUT2D eigenvalue weighted by atomic mass is 16.3. The van der Waals surface area contributed by atoms with E-state index < -0.39 is 5.60 Å². The topological polar surface area (TPSA) is 58.3 Å². The molecule has 2 aliphatic rings. The zero-order valence-corrected chi connectivity index (χ0v) is 12.3. The summed E-state index contributed by atoms with van der Waals surface area (Å²) in [6.07, 6.45) is 5.39. The highest BCUT2D eigenvalue weighted by molar-refractivity contribution is 5.07. The average molecular weight is 254 g/mol. The maximum Gasteiger partial charge on any atom is 0.0765 e. The number of rotatable bonds is 2. The van der Waals surface area contributed by atoms with E-state index in [0.29, 0.717) is 17.9 Å². The third kappa shape index (κ3) is 2.21. The zero-order chi connectivity index (χ0) is 13.4. The Morgan fingerprint density at radius 1 is 1.17 bits per heavy atom. The first kappa shape index (κ1) is 14.3. The maximum absolute atomic E-state index is 11.3. The lowest BCUT2D eigenvalue weighted by molar-refractivity contribution is -0.156. The van der Waals surface area contributed by atoms with E-state index in [4.69, 9.17) is 5.73 Å². The molecule has 18 heavy (non-hydrogen) atoms. The SMILES string of the molecule is CC1CNCCC1(O)C1(CN)CCC(C)(C)CC1. The zero-order valence-electron chi connectivity index (χ0n) is 12.3. The molecule has 1 aliphatic heterocycles. The van der Waals surface area contributed by atoms with E-state index in [0.717, 1.165) is 32.4 Å². The minimum Gasteiger partial charge on any atom is -0.389 e. The molecular weight excluding hydrogens is 224 g/mol. The third-order valence-electron chi connectivity index (χ3n) is 5.82. The van der Waals surface area contributed by atoms with Crippen molar-refractivity contribution in [3.05, 3.63) is 0 Å². The minimum atomic E-state index is -0.566. The average Bonchev–Trinajstić information content (AvgIpc) is 2.34. The van der Waals surface area contributed by atoms with E-state index >= 15 is 0 Å². The highest BCUT2D eigenvalue weighted by Crippen LogP contribution is 2.53. The Kier molecular flexibility index (Phi) is 3.79.